The van der Waals surface area contributed by atoms with Gasteiger partial charge in [0.1, 0.15) is 5.84 Å². The molecule has 3 nitrogen and oxygen atoms in total. The molecule has 0 aromatic heterocycles. The summed E-state index contributed by atoms with van der Waals surface area (Å²) in [6.07, 6.45) is 15.4. The Balaban J connectivity index is 1.92. The van der Waals surface area contributed by atoms with Gasteiger partial charge in [0.15, 0.2) is 0 Å². The van der Waals surface area contributed by atoms with Crippen molar-refractivity contribution in [1.29, 1.82) is 0 Å². The van der Waals surface area contributed by atoms with E-state index in [1.807, 2.05) is 0 Å². The largest absolute Gasteiger partial charge is 0.409 e. The Morgan fingerprint density at radius 1 is 1.00 bits per heavy atom. The van der Waals surface area contributed by atoms with Crippen LogP contribution in [0.1, 0.15) is 106 Å². The van der Waals surface area contributed by atoms with Crippen LogP contribution in [-0.4, -0.2) is 11.0 Å². The minimum atomic E-state index is 0.147. The standard InChI is InChI=1S/C30H50N2O/c1-20(2)10-9-11-22(5)23-14-18-29(7)25(23)12-13-26-28(6,17-16-27(31)32-33)24(21(3)4)15-19-30(26,29)8/h10-11,23-26,33H,3,9,12-19H2,1-2,4-8H3,(H2,31,32)/b22-11-/t23-,24+,25-,26-,28+,29-,30-/m1/s1. The number of hydrogen-bond donors (Lipinski definition) is 2. The van der Waals surface area contributed by atoms with Crippen molar-refractivity contribution in [3.8, 4) is 0 Å². The van der Waals surface area contributed by atoms with Crippen molar-refractivity contribution in [2.45, 2.75) is 106 Å². The Morgan fingerprint density at radius 2 is 1.67 bits per heavy atom. The molecular weight excluding hydrogens is 404 g/mol. The van der Waals surface area contributed by atoms with Crippen molar-refractivity contribution in [2.24, 2.45) is 50.8 Å². The van der Waals surface area contributed by atoms with Crippen molar-refractivity contribution in [3.05, 3.63) is 35.5 Å². The highest BCUT2D eigenvalue weighted by molar-refractivity contribution is 5.79. The maximum atomic E-state index is 9.18. The zero-order chi connectivity index (χ0) is 24.6. The van der Waals surface area contributed by atoms with Crippen LogP contribution in [0.3, 0.4) is 0 Å². The second-order valence-electron chi connectivity index (χ2n) is 12.7. The van der Waals surface area contributed by atoms with Crippen LogP contribution in [0.25, 0.3) is 0 Å². The van der Waals surface area contributed by atoms with E-state index >= 15 is 0 Å². The summed E-state index contributed by atoms with van der Waals surface area (Å²) in [5.74, 6) is 3.06. The highest BCUT2D eigenvalue weighted by Gasteiger charge is 2.65. The first kappa shape index (κ1) is 26.1. The van der Waals surface area contributed by atoms with Gasteiger partial charge in [0, 0.05) is 6.42 Å². The lowest BCUT2D eigenvalue weighted by Gasteiger charge is -2.66. The van der Waals surface area contributed by atoms with Crippen LogP contribution in [0.2, 0.25) is 0 Å². The summed E-state index contributed by atoms with van der Waals surface area (Å²) in [6, 6.07) is 0. The fraction of sp³-hybridized carbons (Fsp3) is 0.767. The molecule has 186 valence electrons. The van der Waals surface area contributed by atoms with Crippen molar-refractivity contribution < 1.29 is 5.21 Å². The Morgan fingerprint density at radius 3 is 2.27 bits per heavy atom. The smallest absolute Gasteiger partial charge is 0.139 e. The number of oxime groups is 1. The molecule has 0 radical (unpaired) electrons. The predicted octanol–water partition coefficient (Wildman–Crippen LogP) is 8.26. The molecule has 0 unspecified atom stereocenters. The van der Waals surface area contributed by atoms with Crippen LogP contribution >= 0.6 is 0 Å². The van der Waals surface area contributed by atoms with Crippen molar-refractivity contribution in [1.82, 2.24) is 0 Å². The molecule has 0 bridgehead atoms. The van der Waals surface area contributed by atoms with Crippen LogP contribution in [0.15, 0.2) is 40.6 Å². The number of allylic oxidation sites excluding steroid dienone is 5. The number of rotatable bonds is 7. The fourth-order valence-electron chi connectivity index (χ4n) is 8.89. The number of fused-ring (bicyclic) bond motifs is 3. The topological polar surface area (TPSA) is 58.6 Å². The van der Waals surface area contributed by atoms with E-state index in [-0.39, 0.29) is 5.41 Å². The van der Waals surface area contributed by atoms with Gasteiger partial charge in [-0.05, 0) is 119 Å². The van der Waals surface area contributed by atoms with Gasteiger partial charge in [-0.1, -0.05) is 61.4 Å². The minimum absolute atomic E-state index is 0.147. The Hall–Kier alpha value is -1.51. The summed E-state index contributed by atoms with van der Waals surface area (Å²) in [5, 5.41) is 12.5. The number of nitrogens with two attached hydrogens (primary N) is 1. The second kappa shape index (κ2) is 9.62. The van der Waals surface area contributed by atoms with E-state index in [1.54, 1.807) is 5.57 Å². The molecule has 3 aliphatic carbocycles. The molecule has 0 saturated heterocycles. The molecule has 0 aliphatic heterocycles. The van der Waals surface area contributed by atoms with Gasteiger partial charge in [-0.2, -0.15) is 0 Å². The molecule has 3 N–H and O–H groups in total. The van der Waals surface area contributed by atoms with Gasteiger partial charge in [0.2, 0.25) is 0 Å². The lowest BCUT2D eigenvalue weighted by atomic mass is 9.38. The molecule has 0 aromatic rings. The van der Waals surface area contributed by atoms with Gasteiger partial charge in [0.25, 0.3) is 0 Å². The third-order valence-corrected chi connectivity index (χ3v) is 10.9. The van der Waals surface area contributed by atoms with Gasteiger partial charge >= 0.3 is 0 Å². The van der Waals surface area contributed by atoms with E-state index in [1.165, 1.54) is 49.7 Å². The van der Waals surface area contributed by atoms with E-state index in [0.29, 0.717) is 34.9 Å². The van der Waals surface area contributed by atoms with Crippen molar-refractivity contribution in [2.75, 3.05) is 0 Å². The highest BCUT2D eigenvalue weighted by atomic mass is 16.4. The van der Waals surface area contributed by atoms with Crippen LogP contribution < -0.4 is 5.73 Å². The van der Waals surface area contributed by atoms with E-state index in [0.717, 1.165) is 24.7 Å². The van der Waals surface area contributed by atoms with Crippen LogP contribution in [0, 0.1) is 39.9 Å². The summed E-state index contributed by atoms with van der Waals surface area (Å²) >= 11 is 0. The molecule has 0 aromatic carbocycles. The third-order valence-electron chi connectivity index (χ3n) is 10.9. The van der Waals surface area contributed by atoms with Gasteiger partial charge in [-0.25, -0.2) is 0 Å². The zero-order valence-electron chi connectivity index (χ0n) is 22.5. The highest BCUT2D eigenvalue weighted by Crippen LogP contribution is 2.73. The molecule has 7 atom stereocenters. The molecule has 3 rings (SSSR count). The van der Waals surface area contributed by atoms with Gasteiger partial charge < -0.3 is 10.9 Å². The average molecular weight is 455 g/mol. The van der Waals surface area contributed by atoms with E-state index in [4.69, 9.17) is 5.73 Å². The molecular formula is C30H50N2O. The molecule has 3 saturated carbocycles. The van der Waals surface area contributed by atoms with Crippen LogP contribution in [0.4, 0.5) is 0 Å². The van der Waals surface area contributed by atoms with Gasteiger partial charge in [0.05, 0.1) is 0 Å². The Labute approximate surface area is 203 Å². The average Bonchev–Trinajstić information content (AvgIpc) is 3.10. The summed E-state index contributed by atoms with van der Waals surface area (Å²) in [5.41, 5.74) is 11.2. The summed E-state index contributed by atoms with van der Waals surface area (Å²) < 4.78 is 0. The molecule has 3 heteroatoms. The van der Waals surface area contributed by atoms with E-state index in [9.17, 15) is 5.21 Å². The molecule has 0 heterocycles. The van der Waals surface area contributed by atoms with Crippen molar-refractivity contribution >= 4 is 5.84 Å². The lowest BCUT2D eigenvalue weighted by molar-refractivity contribution is -0.166. The summed E-state index contributed by atoms with van der Waals surface area (Å²) in [6.45, 7) is 21.2. The first-order chi connectivity index (χ1) is 15.4. The van der Waals surface area contributed by atoms with E-state index in [2.05, 4.69) is 72.4 Å². The second-order valence-corrected chi connectivity index (χ2v) is 12.7. The maximum Gasteiger partial charge on any atom is 0.139 e. The molecule has 0 spiro atoms. The first-order valence-corrected chi connectivity index (χ1v) is 13.3. The third kappa shape index (κ3) is 4.46. The first-order valence-electron chi connectivity index (χ1n) is 13.3. The SMILES string of the molecule is C=C(C)[C@@H]1CC[C@]2(C)[C@H](CC[C@@H]3[C@@H](/C(C)=C\CC=C(C)C)CC[C@]32C)[C@@]1(C)CC/C(N)=N/O. The van der Waals surface area contributed by atoms with Gasteiger partial charge in [-0.15, -0.1) is 0 Å². The quantitative estimate of drug-likeness (QED) is 0.134. The number of nitrogens with zero attached hydrogens (tertiary/aromatic N) is 1. The monoisotopic (exact) mass is 454 g/mol. The Bertz CT molecular complexity index is 834. The number of hydrogen-bond acceptors (Lipinski definition) is 2. The van der Waals surface area contributed by atoms with Crippen molar-refractivity contribution in [3.63, 3.8) is 0 Å². The maximum absolute atomic E-state index is 9.18. The fourth-order valence-corrected chi connectivity index (χ4v) is 8.89. The van der Waals surface area contributed by atoms with E-state index < -0.39 is 0 Å². The molecule has 3 fully saturated rings. The summed E-state index contributed by atoms with van der Waals surface area (Å²) in [7, 11) is 0. The normalized spacial score (nSPS) is 41.3. The zero-order valence-corrected chi connectivity index (χ0v) is 22.5. The Kier molecular flexibility index (Phi) is 7.61. The predicted molar refractivity (Wildman–Crippen MR) is 141 cm³/mol. The minimum Gasteiger partial charge on any atom is -0.409 e. The van der Waals surface area contributed by atoms with Crippen LogP contribution in [0.5, 0.6) is 0 Å². The molecule has 0 amide bonds. The van der Waals surface area contributed by atoms with Gasteiger partial charge in [-0.3, -0.25) is 0 Å². The molecule has 33 heavy (non-hydrogen) atoms. The van der Waals surface area contributed by atoms with Crippen LogP contribution in [-0.2, 0) is 0 Å². The summed E-state index contributed by atoms with van der Waals surface area (Å²) in [4.78, 5) is 0. The lowest BCUT2D eigenvalue weighted by Crippen LogP contribution is -2.59. The number of amidine groups is 1. The molecule has 3 aliphatic rings.